The van der Waals surface area contributed by atoms with Gasteiger partial charge in [-0.05, 0) is 17.7 Å². The lowest BCUT2D eigenvalue weighted by atomic mass is 10.2. The maximum atomic E-state index is 4.51. The fourth-order valence-electron chi connectivity index (χ4n) is 2.31. The second kappa shape index (κ2) is 5.05. The first-order valence-electron chi connectivity index (χ1n) is 6.34. The Morgan fingerprint density at radius 3 is 2.61 bits per heavy atom. The van der Waals surface area contributed by atoms with Crippen LogP contribution >= 0.6 is 0 Å². The monoisotopic (exact) mass is 236 g/mol. The van der Waals surface area contributed by atoms with Crippen molar-refractivity contribution in [3.63, 3.8) is 0 Å². The lowest BCUT2D eigenvalue weighted by Gasteiger charge is -2.24. The molecule has 0 spiro atoms. The van der Waals surface area contributed by atoms with E-state index in [1.165, 1.54) is 11.3 Å². The molecule has 2 nitrogen and oxygen atoms in total. The summed E-state index contributed by atoms with van der Waals surface area (Å²) in [5, 5.41) is 0. The highest BCUT2D eigenvalue weighted by Gasteiger charge is 2.12. The normalized spacial score (nSPS) is 14.1. The molecule has 0 aliphatic carbocycles. The van der Waals surface area contributed by atoms with Gasteiger partial charge in [0.05, 0.1) is 11.4 Å². The fraction of sp³-hybridized carbons (Fsp3) is 0.188. The first-order chi connectivity index (χ1) is 8.93. The Bertz CT molecular complexity index is 546. The molecule has 0 N–H and O–H groups in total. The minimum absolute atomic E-state index is 0.946. The molecule has 0 saturated heterocycles. The van der Waals surface area contributed by atoms with Gasteiger partial charge in [-0.15, -0.1) is 0 Å². The van der Waals surface area contributed by atoms with Gasteiger partial charge < -0.3 is 4.90 Å². The van der Waals surface area contributed by atoms with Crippen LogP contribution in [0.5, 0.6) is 0 Å². The Kier molecular flexibility index (Phi) is 3.09. The molecule has 0 atom stereocenters. The first kappa shape index (κ1) is 11.0. The number of hydrogen-bond donors (Lipinski definition) is 0. The van der Waals surface area contributed by atoms with Crippen LogP contribution in [0.2, 0.25) is 0 Å². The van der Waals surface area contributed by atoms with Crippen LogP contribution in [0.25, 0.3) is 0 Å². The zero-order valence-electron chi connectivity index (χ0n) is 10.3. The van der Waals surface area contributed by atoms with E-state index < -0.39 is 0 Å². The summed E-state index contributed by atoms with van der Waals surface area (Å²) >= 11 is 0. The van der Waals surface area contributed by atoms with Gasteiger partial charge in [-0.1, -0.05) is 42.5 Å². The minimum Gasteiger partial charge on any atom is -0.365 e. The summed E-state index contributed by atoms with van der Waals surface area (Å²) in [6.07, 6.45) is 3.02. The topological polar surface area (TPSA) is 15.6 Å². The van der Waals surface area contributed by atoms with Crippen LogP contribution in [0, 0.1) is 0 Å². The summed E-state index contributed by atoms with van der Waals surface area (Å²) in [6, 6.07) is 19.0. The van der Waals surface area contributed by atoms with Crippen molar-refractivity contribution in [1.82, 2.24) is 0 Å². The van der Waals surface area contributed by atoms with Crippen molar-refractivity contribution < 1.29 is 0 Å². The van der Waals surface area contributed by atoms with E-state index in [1.54, 1.807) is 0 Å². The summed E-state index contributed by atoms with van der Waals surface area (Å²) in [5.41, 5.74) is 3.65. The van der Waals surface area contributed by atoms with Crippen molar-refractivity contribution in [2.45, 2.75) is 13.0 Å². The van der Waals surface area contributed by atoms with Gasteiger partial charge in [0.25, 0.3) is 0 Å². The predicted octanol–water partition coefficient (Wildman–Crippen LogP) is 3.80. The number of fused-ring (bicyclic) bond motifs is 1. The molecule has 0 saturated carbocycles. The van der Waals surface area contributed by atoms with E-state index in [2.05, 4.69) is 58.4 Å². The van der Waals surface area contributed by atoms with E-state index in [0.29, 0.717) is 0 Å². The van der Waals surface area contributed by atoms with Crippen molar-refractivity contribution >= 4 is 17.6 Å². The van der Waals surface area contributed by atoms with Crippen LogP contribution in [0.3, 0.4) is 0 Å². The minimum atomic E-state index is 0.946. The molecule has 0 radical (unpaired) electrons. The number of para-hydroxylation sites is 2. The van der Waals surface area contributed by atoms with Crippen molar-refractivity contribution in [1.29, 1.82) is 0 Å². The fourth-order valence-corrected chi connectivity index (χ4v) is 2.31. The van der Waals surface area contributed by atoms with Crippen LogP contribution < -0.4 is 4.90 Å². The van der Waals surface area contributed by atoms with Gasteiger partial charge in [-0.2, -0.15) is 0 Å². The van der Waals surface area contributed by atoms with Gasteiger partial charge in [0, 0.05) is 25.7 Å². The highest BCUT2D eigenvalue weighted by Crippen LogP contribution is 2.30. The smallest absolute Gasteiger partial charge is 0.0859 e. The zero-order chi connectivity index (χ0) is 12.2. The van der Waals surface area contributed by atoms with E-state index in [0.717, 1.165) is 25.2 Å². The van der Waals surface area contributed by atoms with E-state index in [-0.39, 0.29) is 0 Å². The van der Waals surface area contributed by atoms with Crippen LogP contribution in [0.15, 0.2) is 59.6 Å². The van der Waals surface area contributed by atoms with Gasteiger partial charge in [-0.25, -0.2) is 0 Å². The van der Waals surface area contributed by atoms with Gasteiger partial charge in [0.15, 0.2) is 0 Å². The first-order valence-corrected chi connectivity index (χ1v) is 6.34. The quantitative estimate of drug-likeness (QED) is 0.774. The Morgan fingerprint density at radius 2 is 1.72 bits per heavy atom. The van der Waals surface area contributed by atoms with Crippen molar-refractivity contribution in [3.05, 3.63) is 60.2 Å². The molecule has 90 valence electrons. The number of hydrogen-bond acceptors (Lipinski definition) is 2. The standard InChI is InChI=1S/C16H16N2/c1-2-7-14(8-3-1)13-18-12-6-11-17-15-9-4-5-10-16(15)18/h1-5,7-11H,6,12-13H2. The molecular weight excluding hydrogens is 220 g/mol. The number of aliphatic imine (C=N–C) groups is 1. The van der Waals surface area contributed by atoms with E-state index in [9.17, 15) is 0 Å². The molecule has 18 heavy (non-hydrogen) atoms. The molecule has 1 aliphatic rings. The third kappa shape index (κ3) is 2.28. The molecule has 0 aromatic heterocycles. The molecule has 0 unspecified atom stereocenters. The zero-order valence-corrected chi connectivity index (χ0v) is 10.3. The number of nitrogens with zero attached hydrogens (tertiary/aromatic N) is 2. The van der Waals surface area contributed by atoms with Gasteiger partial charge >= 0.3 is 0 Å². The molecule has 0 amide bonds. The Hall–Kier alpha value is -2.09. The molecule has 2 heteroatoms. The highest BCUT2D eigenvalue weighted by atomic mass is 15.1. The summed E-state index contributed by atoms with van der Waals surface area (Å²) in [4.78, 5) is 6.91. The average molecular weight is 236 g/mol. The molecule has 0 bridgehead atoms. The average Bonchev–Trinajstić information content (AvgIpc) is 2.63. The Labute approximate surface area is 108 Å². The molecule has 2 aromatic rings. The molecule has 1 heterocycles. The molecule has 3 rings (SSSR count). The largest absolute Gasteiger partial charge is 0.365 e. The lowest BCUT2D eigenvalue weighted by molar-refractivity contribution is 0.815. The van der Waals surface area contributed by atoms with Crippen molar-refractivity contribution in [2.24, 2.45) is 4.99 Å². The number of anilines is 1. The third-order valence-corrected chi connectivity index (χ3v) is 3.20. The van der Waals surface area contributed by atoms with Crippen LogP contribution in [-0.2, 0) is 6.54 Å². The van der Waals surface area contributed by atoms with Crippen LogP contribution in [0.4, 0.5) is 11.4 Å². The molecule has 1 aliphatic heterocycles. The maximum absolute atomic E-state index is 4.51. The second-order valence-corrected chi connectivity index (χ2v) is 4.50. The van der Waals surface area contributed by atoms with Crippen LogP contribution in [-0.4, -0.2) is 12.8 Å². The Morgan fingerprint density at radius 1 is 0.944 bits per heavy atom. The molecule has 2 aromatic carbocycles. The Balaban J connectivity index is 1.90. The van der Waals surface area contributed by atoms with Crippen molar-refractivity contribution in [3.8, 4) is 0 Å². The summed E-state index contributed by atoms with van der Waals surface area (Å²) in [5.74, 6) is 0. The SMILES string of the molecule is C1=Nc2ccccc2N(Cc2ccccc2)CC1. The lowest BCUT2D eigenvalue weighted by Crippen LogP contribution is -2.23. The molecule has 0 fully saturated rings. The van der Waals surface area contributed by atoms with E-state index in [1.807, 2.05) is 12.3 Å². The summed E-state index contributed by atoms with van der Waals surface area (Å²) in [6.45, 7) is 1.97. The number of benzene rings is 2. The second-order valence-electron chi connectivity index (χ2n) is 4.50. The summed E-state index contributed by atoms with van der Waals surface area (Å²) in [7, 11) is 0. The van der Waals surface area contributed by atoms with Crippen molar-refractivity contribution in [2.75, 3.05) is 11.4 Å². The van der Waals surface area contributed by atoms with E-state index in [4.69, 9.17) is 0 Å². The van der Waals surface area contributed by atoms with E-state index >= 15 is 0 Å². The van der Waals surface area contributed by atoms with Gasteiger partial charge in [0.1, 0.15) is 0 Å². The molecular formula is C16H16N2. The van der Waals surface area contributed by atoms with Crippen LogP contribution in [0.1, 0.15) is 12.0 Å². The third-order valence-electron chi connectivity index (χ3n) is 3.20. The maximum Gasteiger partial charge on any atom is 0.0859 e. The highest BCUT2D eigenvalue weighted by molar-refractivity contribution is 5.75. The van der Waals surface area contributed by atoms with Gasteiger partial charge in [0.2, 0.25) is 0 Å². The number of rotatable bonds is 2. The predicted molar refractivity (Wildman–Crippen MR) is 76.7 cm³/mol. The summed E-state index contributed by atoms with van der Waals surface area (Å²) < 4.78 is 0. The van der Waals surface area contributed by atoms with Gasteiger partial charge in [-0.3, -0.25) is 4.99 Å².